The Balaban J connectivity index is 2.01. The van der Waals surface area contributed by atoms with Crippen molar-refractivity contribution in [3.05, 3.63) is 29.3 Å². The van der Waals surface area contributed by atoms with Gasteiger partial charge < -0.3 is 5.32 Å². The van der Waals surface area contributed by atoms with Crippen LogP contribution in [0.1, 0.15) is 6.92 Å². The molecule has 1 atom stereocenters. The molecule has 0 saturated carbocycles. The molecule has 1 heterocycles. The maximum Gasteiger partial charge on any atom is 0.161 e. The third-order valence-corrected chi connectivity index (χ3v) is 3.16. The summed E-state index contributed by atoms with van der Waals surface area (Å²) >= 11 is 7.56. The largest absolute Gasteiger partial charge is 0.335 e. The second-order valence-electron chi connectivity index (χ2n) is 3.21. The first kappa shape index (κ1) is 9.87. The van der Waals surface area contributed by atoms with Gasteiger partial charge in [-0.15, -0.1) is 0 Å². The van der Waals surface area contributed by atoms with Crippen molar-refractivity contribution in [3.8, 4) is 0 Å². The Hall–Kier alpha value is -0.670. The van der Waals surface area contributed by atoms with Crippen LogP contribution in [0.5, 0.6) is 0 Å². The van der Waals surface area contributed by atoms with E-state index in [0.717, 1.165) is 22.4 Å². The van der Waals surface area contributed by atoms with Crippen LogP contribution in [0.2, 0.25) is 5.02 Å². The molecule has 0 fully saturated rings. The van der Waals surface area contributed by atoms with E-state index in [-0.39, 0.29) is 0 Å². The molecule has 1 aliphatic heterocycles. The van der Waals surface area contributed by atoms with Crippen LogP contribution < -0.4 is 5.32 Å². The van der Waals surface area contributed by atoms with Crippen LogP contribution in [-0.4, -0.2) is 17.0 Å². The van der Waals surface area contributed by atoms with Gasteiger partial charge in [-0.2, -0.15) is 0 Å². The number of aliphatic imine (C=N–C) groups is 1. The fourth-order valence-electron chi connectivity index (χ4n) is 1.20. The maximum absolute atomic E-state index is 5.79. The predicted molar refractivity (Wildman–Crippen MR) is 64.4 cm³/mol. The monoisotopic (exact) mass is 226 g/mol. The van der Waals surface area contributed by atoms with Crippen LogP contribution in [-0.2, 0) is 0 Å². The number of hydrogen-bond donors (Lipinski definition) is 1. The van der Waals surface area contributed by atoms with E-state index in [0.29, 0.717) is 5.25 Å². The van der Waals surface area contributed by atoms with Crippen molar-refractivity contribution in [2.75, 3.05) is 11.9 Å². The van der Waals surface area contributed by atoms with Crippen LogP contribution in [0.25, 0.3) is 0 Å². The van der Waals surface area contributed by atoms with E-state index in [1.54, 1.807) is 11.8 Å². The molecule has 0 aliphatic carbocycles. The molecule has 2 rings (SSSR count). The first-order valence-electron chi connectivity index (χ1n) is 4.48. The van der Waals surface area contributed by atoms with Gasteiger partial charge in [-0.25, -0.2) is 0 Å². The van der Waals surface area contributed by atoms with Crippen molar-refractivity contribution in [2.24, 2.45) is 4.99 Å². The van der Waals surface area contributed by atoms with Crippen molar-refractivity contribution in [1.82, 2.24) is 0 Å². The minimum absolute atomic E-state index is 0.588. The highest BCUT2D eigenvalue weighted by molar-refractivity contribution is 8.15. The number of nitrogens with zero attached hydrogens (tertiary/aromatic N) is 1. The second-order valence-corrected chi connectivity index (χ2v) is 5.07. The molecule has 0 radical (unpaired) electrons. The van der Waals surface area contributed by atoms with Crippen LogP contribution in [0.3, 0.4) is 0 Å². The summed E-state index contributed by atoms with van der Waals surface area (Å²) in [4.78, 5) is 4.37. The molecule has 1 N–H and O–H groups in total. The van der Waals surface area contributed by atoms with E-state index in [2.05, 4.69) is 17.2 Å². The van der Waals surface area contributed by atoms with Crippen molar-refractivity contribution in [2.45, 2.75) is 12.2 Å². The van der Waals surface area contributed by atoms with E-state index in [4.69, 9.17) is 11.6 Å². The maximum atomic E-state index is 5.79. The highest BCUT2D eigenvalue weighted by Gasteiger charge is 2.14. The van der Waals surface area contributed by atoms with Gasteiger partial charge in [-0.1, -0.05) is 30.3 Å². The standard InChI is InChI=1S/C10H11ClN2S/c1-7-6-12-10(14-7)13-9-4-2-8(11)3-5-9/h2-5,7H,6H2,1H3,(H,12,13). The molecule has 0 saturated heterocycles. The highest BCUT2D eigenvalue weighted by Crippen LogP contribution is 2.22. The Labute approximate surface area is 92.8 Å². The smallest absolute Gasteiger partial charge is 0.161 e. The molecular formula is C10H11ClN2S. The molecule has 1 aromatic carbocycles. The molecule has 74 valence electrons. The minimum atomic E-state index is 0.588. The van der Waals surface area contributed by atoms with Crippen LogP contribution >= 0.6 is 23.4 Å². The normalized spacial score (nSPS) is 20.7. The summed E-state index contributed by atoms with van der Waals surface area (Å²) in [7, 11) is 0. The third kappa shape index (κ3) is 2.42. The molecule has 4 heteroatoms. The van der Waals surface area contributed by atoms with Gasteiger partial charge in [-0.3, -0.25) is 4.99 Å². The van der Waals surface area contributed by atoms with E-state index < -0.39 is 0 Å². The number of halogens is 1. The van der Waals surface area contributed by atoms with Gasteiger partial charge in [0.25, 0.3) is 0 Å². The SMILES string of the molecule is CC1CN=C(Nc2ccc(Cl)cc2)S1. The second kappa shape index (κ2) is 4.24. The number of nitrogens with one attached hydrogen (secondary N) is 1. The van der Waals surface area contributed by atoms with E-state index in [9.17, 15) is 0 Å². The third-order valence-electron chi connectivity index (χ3n) is 1.90. The number of rotatable bonds is 1. The quantitative estimate of drug-likeness (QED) is 0.795. The average Bonchev–Trinajstić information content (AvgIpc) is 2.56. The van der Waals surface area contributed by atoms with Crippen molar-refractivity contribution < 1.29 is 0 Å². The predicted octanol–water partition coefficient (Wildman–Crippen LogP) is 3.24. The van der Waals surface area contributed by atoms with E-state index in [1.807, 2.05) is 24.3 Å². The highest BCUT2D eigenvalue weighted by atomic mass is 35.5. The van der Waals surface area contributed by atoms with Crippen molar-refractivity contribution >= 4 is 34.2 Å². The summed E-state index contributed by atoms with van der Waals surface area (Å²) in [5.74, 6) is 0. The fourth-order valence-corrected chi connectivity index (χ4v) is 2.18. The summed E-state index contributed by atoms with van der Waals surface area (Å²) in [6.07, 6.45) is 0. The Morgan fingerprint density at radius 3 is 2.71 bits per heavy atom. The van der Waals surface area contributed by atoms with Gasteiger partial charge in [0.1, 0.15) is 0 Å². The number of anilines is 1. The average molecular weight is 227 g/mol. The molecular weight excluding hydrogens is 216 g/mol. The summed E-state index contributed by atoms with van der Waals surface area (Å²) in [5.41, 5.74) is 1.04. The molecule has 0 spiro atoms. The molecule has 0 aromatic heterocycles. The molecule has 2 nitrogen and oxygen atoms in total. The van der Waals surface area contributed by atoms with Gasteiger partial charge in [0.15, 0.2) is 5.17 Å². The zero-order chi connectivity index (χ0) is 9.97. The number of amidine groups is 1. The molecule has 1 unspecified atom stereocenters. The van der Waals surface area contributed by atoms with Crippen LogP contribution in [0.15, 0.2) is 29.3 Å². The van der Waals surface area contributed by atoms with Gasteiger partial charge in [0.05, 0.1) is 6.54 Å². The summed E-state index contributed by atoms with van der Waals surface area (Å²) < 4.78 is 0. The lowest BCUT2D eigenvalue weighted by atomic mass is 10.3. The Morgan fingerprint density at radius 2 is 2.14 bits per heavy atom. The molecule has 1 aromatic rings. The van der Waals surface area contributed by atoms with Crippen LogP contribution in [0, 0.1) is 0 Å². The lowest BCUT2D eigenvalue weighted by Gasteiger charge is -2.05. The van der Waals surface area contributed by atoms with Gasteiger partial charge in [0, 0.05) is 16.0 Å². The van der Waals surface area contributed by atoms with Crippen molar-refractivity contribution in [3.63, 3.8) is 0 Å². The number of hydrogen-bond acceptors (Lipinski definition) is 3. The topological polar surface area (TPSA) is 24.4 Å². The molecule has 0 bridgehead atoms. The number of benzene rings is 1. The molecule has 0 amide bonds. The van der Waals surface area contributed by atoms with Gasteiger partial charge in [-0.05, 0) is 24.3 Å². The Morgan fingerprint density at radius 1 is 1.43 bits per heavy atom. The van der Waals surface area contributed by atoms with E-state index >= 15 is 0 Å². The fraction of sp³-hybridized carbons (Fsp3) is 0.300. The first-order valence-corrected chi connectivity index (χ1v) is 5.73. The lowest BCUT2D eigenvalue weighted by molar-refractivity contribution is 0.976. The summed E-state index contributed by atoms with van der Waals surface area (Å²) in [5, 5.41) is 5.59. The zero-order valence-electron chi connectivity index (χ0n) is 7.83. The zero-order valence-corrected chi connectivity index (χ0v) is 9.40. The first-order chi connectivity index (χ1) is 6.74. The summed E-state index contributed by atoms with van der Waals surface area (Å²) in [6, 6.07) is 7.64. The van der Waals surface area contributed by atoms with Crippen LogP contribution in [0.4, 0.5) is 5.69 Å². The lowest BCUT2D eigenvalue weighted by Crippen LogP contribution is -2.05. The van der Waals surface area contributed by atoms with Crippen molar-refractivity contribution in [1.29, 1.82) is 0 Å². The molecule has 14 heavy (non-hydrogen) atoms. The van der Waals surface area contributed by atoms with Gasteiger partial charge >= 0.3 is 0 Å². The van der Waals surface area contributed by atoms with Gasteiger partial charge in [0.2, 0.25) is 0 Å². The Bertz CT molecular complexity index is 348. The molecule has 1 aliphatic rings. The minimum Gasteiger partial charge on any atom is -0.335 e. The van der Waals surface area contributed by atoms with E-state index in [1.165, 1.54) is 0 Å². The number of thioether (sulfide) groups is 1. The Kier molecular flexibility index (Phi) is 2.99. The summed E-state index contributed by atoms with van der Waals surface area (Å²) in [6.45, 7) is 3.07.